The van der Waals surface area contributed by atoms with Gasteiger partial charge in [-0.15, -0.1) is 0 Å². The molecule has 3 nitrogen and oxygen atoms in total. The third-order valence-electron chi connectivity index (χ3n) is 4.42. The lowest BCUT2D eigenvalue weighted by molar-refractivity contribution is -0.142. The van der Waals surface area contributed by atoms with E-state index >= 15 is 0 Å². The lowest BCUT2D eigenvalue weighted by Crippen LogP contribution is -2.40. The molecule has 1 aromatic carbocycles. The van der Waals surface area contributed by atoms with E-state index in [4.69, 9.17) is 5.11 Å². The molecule has 1 aliphatic rings. The van der Waals surface area contributed by atoms with Gasteiger partial charge in [-0.05, 0) is 58.4 Å². The molecular weight excluding hydrogens is 262 g/mol. The van der Waals surface area contributed by atoms with Crippen LogP contribution in [0.1, 0.15) is 49.3 Å². The van der Waals surface area contributed by atoms with Crippen molar-refractivity contribution >= 4 is 5.97 Å². The molecule has 3 heteroatoms. The molecule has 1 fully saturated rings. The number of carbonyl (C=O) groups is 1. The molecule has 1 saturated carbocycles. The van der Waals surface area contributed by atoms with Crippen molar-refractivity contribution in [3.63, 3.8) is 0 Å². The molecule has 0 radical (unpaired) electrons. The Morgan fingerprint density at radius 2 is 1.76 bits per heavy atom. The van der Waals surface area contributed by atoms with E-state index in [1.807, 2.05) is 0 Å². The molecular formula is C18H27NO2. The zero-order valence-corrected chi connectivity index (χ0v) is 13.4. The summed E-state index contributed by atoms with van der Waals surface area (Å²) < 4.78 is 0. The zero-order valence-electron chi connectivity index (χ0n) is 13.4. The average molecular weight is 289 g/mol. The lowest BCUT2D eigenvalue weighted by Gasteiger charge is -2.29. The number of aliphatic carboxylic acids is 1. The van der Waals surface area contributed by atoms with Crippen LogP contribution in [0.4, 0.5) is 0 Å². The molecule has 2 N–H and O–H groups in total. The number of aryl methyl sites for hydroxylation is 2. The first-order chi connectivity index (χ1) is 9.94. The summed E-state index contributed by atoms with van der Waals surface area (Å²) in [5, 5.41) is 12.7. The smallest absolute Gasteiger partial charge is 0.306 e. The van der Waals surface area contributed by atoms with E-state index in [-0.39, 0.29) is 5.92 Å². The maximum Gasteiger partial charge on any atom is 0.306 e. The molecule has 21 heavy (non-hydrogen) atoms. The maximum atomic E-state index is 11.0. The van der Waals surface area contributed by atoms with Gasteiger partial charge in [0, 0.05) is 12.1 Å². The topological polar surface area (TPSA) is 49.3 Å². The largest absolute Gasteiger partial charge is 0.481 e. The normalized spacial score (nSPS) is 23.8. The van der Waals surface area contributed by atoms with Crippen molar-refractivity contribution < 1.29 is 9.90 Å². The van der Waals surface area contributed by atoms with Crippen LogP contribution in [0.25, 0.3) is 0 Å². The van der Waals surface area contributed by atoms with Crippen LogP contribution in [0.3, 0.4) is 0 Å². The highest BCUT2D eigenvalue weighted by molar-refractivity contribution is 5.70. The molecule has 0 bridgehead atoms. The molecule has 0 heterocycles. The Morgan fingerprint density at radius 3 is 2.29 bits per heavy atom. The Kier molecular flexibility index (Phi) is 5.40. The summed E-state index contributed by atoms with van der Waals surface area (Å²) in [6.45, 7) is 6.50. The van der Waals surface area contributed by atoms with Crippen molar-refractivity contribution in [1.29, 1.82) is 0 Å². The SMILES string of the molecule is Cc1cc(C)cc(CC(C)NC2CCC(C(=O)O)CC2)c1. The van der Waals surface area contributed by atoms with Gasteiger partial charge >= 0.3 is 5.97 Å². The number of rotatable bonds is 5. The van der Waals surface area contributed by atoms with Crippen LogP contribution in [0.5, 0.6) is 0 Å². The first-order valence-electron chi connectivity index (χ1n) is 8.00. The minimum Gasteiger partial charge on any atom is -0.481 e. The number of carboxylic acids is 1. The zero-order chi connectivity index (χ0) is 15.4. The highest BCUT2D eigenvalue weighted by atomic mass is 16.4. The first-order valence-corrected chi connectivity index (χ1v) is 8.00. The molecule has 1 aliphatic carbocycles. The Balaban J connectivity index is 1.82. The van der Waals surface area contributed by atoms with Crippen molar-refractivity contribution in [3.8, 4) is 0 Å². The van der Waals surface area contributed by atoms with Crippen LogP contribution in [-0.2, 0) is 11.2 Å². The van der Waals surface area contributed by atoms with Crippen LogP contribution in [0.2, 0.25) is 0 Å². The number of benzene rings is 1. The number of hydrogen-bond donors (Lipinski definition) is 2. The second kappa shape index (κ2) is 7.08. The van der Waals surface area contributed by atoms with E-state index in [0.29, 0.717) is 12.1 Å². The van der Waals surface area contributed by atoms with Gasteiger partial charge in [-0.3, -0.25) is 4.79 Å². The predicted molar refractivity (Wildman–Crippen MR) is 85.6 cm³/mol. The van der Waals surface area contributed by atoms with Crippen molar-refractivity contribution in [3.05, 3.63) is 34.9 Å². The standard InChI is InChI=1S/C18H27NO2/c1-12-8-13(2)10-15(9-12)11-14(3)19-17-6-4-16(5-7-17)18(20)21/h8-10,14,16-17,19H,4-7,11H2,1-3H3,(H,20,21). The van der Waals surface area contributed by atoms with Gasteiger partial charge in [-0.1, -0.05) is 29.3 Å². The number of hydrogen-bond acceptors (Lipinski definition) is 2. The average Bonchev–Trinajstić information content (AvgIpc) is 2.37. The minimum atomic E-state index is -0.628. The number of carboxylic acid groups (broad SMARTS) is 1. The van der Waals surface area contributed by atoms with E-state index in [9.17, 15) is 4.79 Å². The molecule has 0 saturated heterocycles. The van der Waals surface area contributed by atoms with Gasteiger partial charge in [-0.25, -0.2) is 0 Å². The molecule has 0 spiro atoms. The summed E-state index contributed by atoms with van der Waals surface area (Å²) in [7, 11) is 0. The van der Waals surface area contributed by atoms with E-state index in [2.05, 4.69) is 44.3 Å². The quantitative estimate of drug-likeness (QED) is 0.872. The Hall–Kier alpha value is -1.35. The lowest BCUT2D eigenvalue weighted by atomic mass is 9.85. The molecule has 0 aromatic heterocycles. The second-order valence-corrected chi connectivity index (χ2v) is 6.65. The van der Waals surface area contributed by atoms with E-state index < -0.39 is 5.97 Å². The van der Waals surface area contributed by atoms with Crippen molar-refractivity contribution in [2.75, 3.05) is 0 Å². The molecule has 1 unspecified atom stereocenters. The van der Waals surface area contributed by atoms with Crippen LogP contribution in [0, 0.1) is 19.8 Å². The van der Waals surface area contributed by atoms with Gasteiger partial charge in [-0.2, -0.15) is 0 Å². The highest BCUT2D eigenvalue weighted by Crippen LogP contribution is 2.25. The molecule has 1 aromatic rings. The number of nitrogens with one attached hydrogen (secondary N) is 1. The van der Waals surface area contributed by atoms with E-state index in [1.54, 1.807) is 0 Å². The van der Waals surface area contributed by atoms with Gasteiger partial charge in [0.25, 0.3) is 0 Å². The van der Waals surface area contributed by atoms with Crippen LogP contribution in [0.15, 0.2) is 18.2 Å². The molecule has 0 amide bonds. The highest BCUT2D eigenvalue weighted by Gasteiger charge is 2.26. The molecule has 2 rings (SSSR count). The first kappa shape index (κ1) is 16.0. The summed E-state index contributed by atoms with van der Waals surface area (Å²) >= 11 is 0. The van der Waals surface area contributed by atoms with Crippen molar-refractivity contribution in [1.82, 2.24) is 5.32 Å². The summed E-state index contributed by atoms with van der Waals surface area (Å²) in [4.78, 5) is 11.0. The minimum absolute atomic E-state index is 0.127. The summed E-state index contributed by atoms with van der Waals surface area (Å²) in [6, 6.07) is 7.62. The van der Waals surface area contributed by atoms with E-state index in [1.165, 1.54) is 16.7 Å². The third-order valence-corrected chi connectivity index (χ3v) is 4.42. The Bertz CT molecular complexity index is 470. The second-order valence-electron chi connectivity index (χ2n) is 6.65. The molecule has 1 atom stereocenters. The van der Waals surface area contributed by atoms with Crippen LogP contribution < -0.4 is 5.32 Å². The molecule has 116 valence electrons. The monoisotopic (exact) mass is 289 g/mol. The fourth-order valence-electron chi connectivity index (χ4n) is 3.51. The van der Waals surface area contributed by atoms with Crippen molar-refractivity contribution in [2.24, 2.45) is 5.92 Å². The summed E-state index contributed by atoms with van der Waals surface area (Å²) in [6.07, 6.45) is 4.61. The van der Waals surface area contributed by atoms with Gasteiger partial charge in [0.1, 0.15) is 0 Å². The van der Waals surface area contributed by atoms with Crippen molar-refractivity contribution in [2.45, 2.75) is 65.0 Å². The summed E-state index contributed by atoms with van der Waals surface area (Å²) in [5.41, 5.74) is 4.02. The summed E-state index contributed by atoms with van der Waals surface area (Å²) in [5.74, 6) is -0.755. The van der Waals surface area contributed by atoms with E-state index in [0.717, 1.165) is 32.1 Å². The Morgan fingerprint density at radius 1 is 1.19 bits per heavy atom. The van der Waals surface area contributed by atoms with Crippen LogP contribution >= 0.6 is 0 Å². The van der Waals surface area contributed by atoms with Gasteiger partial charge in [0.15, 0.2) is 0 Å². The van der Waals surface area contributed by atoms with Crippen LogP contribution in [-0.4, -0.2) is 23.2 Å². The van der Waals surface area contributed by atoms with Gasteiger partial charge < -0.3 is 10.4 Å². The molecule has 0 aliphatic heterocycles. The predicted octanol–water partition coefficient (Wildman–Crippen LogP) is 3.47. The fourth-order valence-corrected chi connectivity index (χ4v) is 3.51. The Labute approximate surface area is 127 Å². The van der Waals surface area contributed by atoms with Gasteiger partial charge in [0.2, 0.25) is 0 Å². The third kappa shape index (κ3) is 4.85. The maximum absolute atomic E-state index is 11.0. The van der Waals surface area contributed by atoms with Gasteiger partial charge in [0.05, 0.1) is 5.92 Å². The fraction of sp³-hybridized carbons (Fsp3) is 0.611.